The van der Waals surface area contributed by atoms with Gasteiger partial charge in [-0.05, 0) is 39.2 Å². The lowest BCUT2D eigenvalue weighted by Crippen LogP contribution is -2.52. The second-order valence-corrected chi connectivity index (χ2v) is 10.3. The van der Waals surface area contributed by atoms with Gasteiger partial charge in [0.05, 0.1) is 11.8 Å². The van der Waals surface area contributed by atoms with Crippen molar-refractivity contribution >= 4 is 35.6 Å². The van der Waals surface area contributed by atoms with E-state index in [1.807, 2.05) is 6.07 Å². The molecule has 2 fully saturated rings. The maximum Gasteiger partial charge on any atom is 0.411 e. The number of amides is 3. The smallest absolute Gasteiger partial charge is 0.411 e. The molecular weight excluding hydrogens is 446 g/mol. The maximum atomic E-state index is 13.4. The number of rotatable bonds is 5. The van der Waals surface area contributed by atoms with E-state index in [4.69, 9.17) is 4.74 Å². The van der Waals surface area contributed by atoms with Gasteiger partial charge in [-0.25, -0.2) is 4.79 Å². The molecule has 2 N–H and O–H groups in total. The maximum absolute atomic E-state index is 13.4. The molecule has 0 bridgehead atoms. The third-order valence-electron chi connectivity index (χ3n) is 5.64. The van der Waals surface area contributed by atoms with E-state index in [1.54, 1.807) is 49.9 Å². The SMILES string of the molecule is CC(C)(C)OC(=O)N1CSCC1C(=O)NC(C(=O)N1CCC(C(=O)O)CC1)c1ccccc1. The third kappa shape index (κ3) is 6.40. The highest BCUT2D eigenvalue weighted by atomic mass is 32.2. The quantitative estimate of drug-likeness (QED) is 0.669. The highest BCUT2D eigenvalue weighted by Gasteiger charge is 2.39. The van der Waals surface area contributed by atoms with E-state index in [0.29, 0.717) is 43.1 Å². The zero-order valence-electron chi connectivity index (χ0n) is 19.2. The van der Waals surface area contributed by atoms with Crippen LogP contribution in [0.1, 0.15) is 45.2 Å². The summed E-state index contributed by atoms with van der Waals surface area (Å²) in [6, 6.07) is 7.26. The summed E-state index contributed by atoms with van der Waals surface area (Å²) in [4.78, 5) is 53.4. The minimum absolute atomic E-state index is 0.284. The number of aliphatic carboxylic acids is 1. The number of hydrogen-bond acceptors (Lipinski definition) is 6. The van der Waals surface area contributed by atoms with Crippen LogP contribution in [0.25, 0.3) is 0 Å². The van der Waals surface area contributed by atoms with E-state index < -0.39 is 41.6 Å². The van der Waals surface area contributed by atoms with Gasteiger partial charge in [-0.2, -0.15) is 0 Å². The van der Waals surface area contributed by atoms with E-state index in [-0.39, 0.29) is 5.91 Å². The van der Waals surface area contributed by atoms with Crippen LogP contribution in [0, 0.1) is 5.92 Å². The Morgan fingerprint density at radius 2 is 1.76 bits per heavy atom. The number of carboxylic acid groups (broad SMARTS) is 1. The van der Waals surface area contributed by atoms with Crippen LogP contribution in [0.5, 0.6) is 0 Å². The zero-order chi connectivity index (χ0) is 24.2. The lowest BCUT2D eigenvalue weighted by molar-refractivity contribution is -0.146. The minimum atomic E-state index is -0.925. The largest absolute Gasteiger partial charge is 0.481 e. The van der Waals surface area contributed by atoms with Crippen molar-refractivity contribution in [3.63, 3.8) is 0 Å². The molecule has 0 radical (unpaired) electrons. The molecule has 0 aromatic heterocycles. The van der Waals surface area contributed by atoms with Crippen molar-refractivity contribution < 1.29 is 29.0 Å². The molecule has 2 atom stereocenters. The van der Waals surface area contributed by atoms with Gasteiger partial charge in [-0.1, -0.05) is 30.3 Å². The second-order valence-electron chi connectivity index (χ2n) is 9.26. The van der Waals surface area contributed by atoms with Gasteiger partial charge >= 0.3 is 12.1 Å². The summed E-state index contributed by atoms with van der Waals surface area (Å²) in [7, 11) is 0. The molecule has 2 aliphatic heterocycles. The monoisotopic (exact) mass is 477 g/mol. The van der Waals surface area contributed by atoms with Crippen LogP contribution in [0.15, 0.2) is 30.3 Å². The van der Waals surface area contributed by atoms with Crippen LogP contribution >= 0.6 is 11.8 Å². The summed E-state index contributed by atoms with van der Waals surface area (Å²) in [6.45, 7) is 5.93. The highest BCUT2D eigenvalue weighted by molar-refractivity contribution is 7.99. The fourth-order valence-electron chi connectivity index (χ4n) is 3.86. The number of carboxylic acids is 1. The Balaban J connectivity index is 1.74. The first-order valence-electron chi connectivity index (χ1n) is 11.0. The number of carbonyl (C=O) groups is 4. The Morgan fingerprint density at radius 1 is 1.12 bits per heavy atom. The molecule has 2 heterocycles. The Bertz CT molecular complexity index is 880. The van der Waals surface area contributed by atoms with Gasteiger partial charge in [0.1, 0.15) is 17.7 Å². The van der Waals surface area contributed by atoms with Gasteiger partial charge in [0.15, 0.2) is 0 Å². The Labute approximate surface area is 197 Å². The number of benzene rings is 1. The fourth-order valence-corrected chi connectivity index (χ4v) is 5.00. The number of nitrogens with zero attached hydrogens (tertiary/aromatic N) is 2. The third-order valence-corrected chi connectivity index (χ3v) is 6.65. The van der Waals surface area contributed by atoms with E-state index in [1.165, 1.54) is 16.7 Å². The predicted molar refractivity (Wildman–Crippen MR) is 123 cm³/mol. The van der Waals surface area contributed by atoms with Crippen LogP contribution in [-0.4, -0.2) is 75.1 Å². The number of ether oxygens (including phenoxy) is 1. The van der Waals surface area contributed by atoms with Gasteiger partial charge in [0.2, 0.25) is 11.8 Å². The van der Waals surface area contributed by atoms with Crippen LogP contribution in [-0.2, 0) is 19.1 Å². The first kappa shape index (κ1) is 24.9. The van der Waals surface area contributed by atoms with Gasteiger partial charge < -0.3 is 20.1 Å². The Kier molecular flexibility index (Phi) is 7.88. The second kappa shape index (κ2) is 10.5. The van der Waals surface area contributed by atoms with E-state index in [9.17, 15) is 24.3 Å². The molecule has 3 amide bonds. The lowest BCUT2D eigenvalue weighted by Gasteiger charge is -2.34. The molecule has 2 aliphatic rings. The molecule has 9 nitrogen and oxygen atoms in total. The molecule has 0 aliphatic carbocycles. The van der Waals surface area contributed by atoms with Crippen molar-refractivity contribution in [1.29, 1.82) is 0 Å². The molecule has 0 spiro atoms. The summed E-state index contributed by atoms with van der Waals surface area (Å²) >= 11 is 1.45. The van der Waals surface area contributed by atoms with Gasteiger partial charge in [0, 0.05) is 18.8 Å². The number of nitrogens with one attached hydrogen (secondary N) is 1. The van der Waals surface area contributed by atoms with Crippen LogP contribution in [0.2, 0.25) is 0 Å². The average molecular weight is 478 g/mol. The minimum Gasteiger partial charge on any atom is -0.481 e. The number of hydrogen-bond donors (Lipinski definition) is 2. The van der Waals surface area contributed by atoms with Crippen molar-refractivity contribution in [2.45, 2.75) is 51.3 Å². The summed E-state index contributed by atoms with van der Waals surface area (Å²) < 4.78 is 5.43. The summed E-state index contributed by atoms with van der Waals surface area (Å²) in [5, 5.41) is 12.1. The molecule has 1 aromatic carbocycles. The number of piperidine rings is 1. The number of carbonyl (C=O) groups excluding carboxylic acids is 3. The molecule has 2 saturated heterocycles. The van der Waals surface area contributed by atoms with Crippen molar-refractivity contribution in [1.82, 2.24) is 15.1 Å². The molecule has 1 aromatic rings. The molecule has 3 rings (SSSR count). The first-order chi connectivity index (χ1) is 15.6. The van der Waals surface area contributed by atoms with E-state index in [0.717, 1.165) is 0 Å². The predicted octanol–water partition coefficient (Wildman–Crippen LogP) is 2.48. The van der Waals surface area contributed by atoms with E-state index >= 15 is 0 Å². The van der Waals surface area contributed by atoms with Crippen LogP contribution in [0.4, 0.5) is 4.79 Å². The van der Waals surface area contributed by atoms with E-state index in [2.05, 4.69) is 5.32 Å². The van der Waals surface area contributed by atoms with Crippen LogP contribution < -0.4 is 5.32 Å². The van der Waals surface area contributed by atoms with Gasteiger partial charge in [0.25, 0.3) is 0 Å². The molecule has 180 valence electrons. The molecule has 0 saturated carbocycles. The summed E-state index contributed by atoms with van der Waals surface area (Å²) in [5.74, 6) is -1.28. The number of thioether (sulfide) groups is 1. The normalized spacial score (nSPS) is 20.3. The molecule has 2 unspecified atom stereocenters. The number of likely N-dealkylation sites (tertiary alicyclic amines) is 1. The Morgan fingerprint density at radius 3 is 2.33 bits per heavy atom. The molecular formula is C23H31N3O6S. The van der Waals surface area contributed by atoms with Crippen molar-refractivity contribution in [2.75, 3.05) is 24.7 Å². The van der Waals surface area contributed by atoms with Gasteiger partial charge in [-0.15, -0.1) is 11.8 Å². The standard InChI is InChI=1S/C23H31N3O6S/c1-23(2,3)32-22(31)26-14-33-13-17(26)19(27)24-18(15-7-5-4-6-8-15)20(28)25-11-9-16(10-12-25)21(29)30/h4-8,16-18H,9-14H2,1-3H3,(H,24,27)(H,29,30). The van der Waals surface area contributed by atoms with Crippen molar-refractivity contribution in [3.8, 4) is 0 Å². The van der Waals surface area contributed by atoms with Crippen molar-refractivity contribution in [3.05, 3.63) is 35.9 Å². The Hall–Kier alpha value is -2.75. The fraction of sp³-hybridized carbons (Fsp3) is 0.565. The van der Waals surface area contributed by atoms with Crippen molar-refractivity contribution in [2.24, 2.45) is 5.92 Å². The van der Waals surface area contributed by atoms with Crippen LogP contribution in [0.3, 0.4) is 0 Å². The highest BCUT2D eigenvalue weighted by Crippen LogP contribution is 2.26. The average Bonchev–Trinajstić information content (AvgIpc) is 3.27. The molecule has 10 heteroatoms. The van der Waals surface area contributed by atoms with Gasteiger partial charge in [-0.3, -0.25) is 19.3 Å². The topological polar surface area (TPSA) is 116 Å². The zero-order valence-corrected chi connectivity index (χ0v) is 20.0. The first-order valence-corrected chi connectivity index (χ1v) is 12.2. The lowest BCUT2D eigenvalue weighted by atomic mass is 9.96. The summed E-state index contributed by atoms with van der Waals surface area (Å²) in [6.07, 6.45) is 0.190. The summed E-state index contributed by atoms with van der Waals surface area (Å²) in [5.41, 5.74) is -0.0543. The molecule has 33 heavy (non-hydrogen) atoms.